The number of anilines is 2. The first-order valence-corrected chi connectivity index (χ1v) is 9.93. The van der Waals surface area contributed by atoms with Crippen LogP contribution in [0.3, 0.4) is 0 Å². The first kappa shape index (κ1) is 21.9. The van der Waals surface area contributed by atoms with Crippen molar-refractivity contribution in [2.24, 2.45) is 0 Å². The number of hydrogen-bond donors (Lipinski definition) is 2. The van der Waals surface area contributed by atoms with Crippen LogP contribution in [0.25, 0.3) is 0 Å². The quantitative estimate of drug-likeness (QED) is 0.634. The Hall–Kier alpha value is -3.81. The fourth-order valence-corrected chi connectivity index (χ4v) is 3.14. The van der Waals surface area contributed by atoms with Gasteiger partial charge in [0.2, 0.25) is 5.91 Å². The van der Waals surface area contributed by atoms with Crippen molar-refractivity contribution < 1.29 is 23.9 Å². The van der Waals surface area contributed by atoms with Gasteiger partial charge in [-0.25, -0.2) is 0 Å². The van der Waals surface area contributed by atoms with E-state index in [1.54, 1.807) is 32.2 Å². The first-order chi connectivity index (χ1) is 15.0. The van der Waals surface area contributed by atoms with Crippen molar-refractivity contribution >= 4 is 29.2 Å². The number of carbonyl (C=O) groups is 3. The Morgan fingerprint density at radius 3 is 2.55 bits per heavy atom. The molecule has 0 aromatic heterocycles. The van der Waals surface area contributed by atoms with Gasteiger partial charge in [-0.15, -0.1) is 0 Å². The third-order valence-electron chi connectivity index (χ3n) is 4.64. The minimum atomic E-state index is -0.433. The van der Waals surface area contributed by atoms with Crippen LogP contribution in [0.15, 0.2) is 60.3 Å². The Labute approximate surface area is 180 Å². The Balaban J connectivity index is 1.71. The summed E-state index contributed by atoms with van der Waals surface area (Å²) in [5.74, 6) is -0.394. The predicted octanol–water partition coefficient (Wildman–Crippen LogP) is 2.61. The van der Waals surface area contributed by atoms with Crippen LogP contribution in [0.5, 0.6) is 5.75 Å². The van der Waals surface area contributed by atoms with Gasteiger partial charge in [0.1, 0.15) is 12.3 Å². The molecule has 8 heteroatoms. The lowest BCUT2D eigenvalue weighted by Gasteiger charge is -2.21. The molecule has 2 amide bonds. The van der Waals surface area contributed by atoms with Gasteiger partial charge in [-0.1, -0.05) is 24.3 Å². The van der Waals surface area contributed by atoms with Crippen LogP contribution >= 0.6 is 0 Å². The van der Waals surface area contributed by atoms with Crippen molar-refractivity contribution in [3.63, 3.8) is 0 Å². The first-order valence-electron chi connectivity index (χ1n) is 9.93. The van der Waals surface area contributed by atoms with E-state index < -0.39 is 11.9 Å². The van der Waals surface area contributed by atoms with Crippen LogP contribution in [0.2, 0.25) is 0 Å². The van der Waals surface area contributed by atoms with Gasteiger partial charge in [-0.3, -0.25) is 19.3 Å². The number of benzene rings is 2. The highest BCUT2D eigenvalue weighted by molar-refractivity contribution is 6.09. The lowest BCUT2D eigenvalue weighted by molar-refractivity contribution is -0.142. The lowest BCUT2D eigenvalue weighted by Crippen LogP contribution is -2.39. The molecule has 0 aliphatic carbocycles. The minimum absolute atomic E-state index is 0.0641. The number of carbonyl (C=O) groups excluding carboxylic acids is 3. The second-order valence-corrected chi connectivity index (χ2v) is 6.84. The Bertz CT molecular complexity index is 985. The molecule has 2 N–H and O–H groups in total. The summed E-state index contributed by atoms with van der Waals surface area (Å²) in [6.07, 6.45) is 1.26. The average Bonchev–Trinajstić information content (AvgIpc) is 2.89. The number of nitrogens with zero attached hydrogens (tertiary/aromatic N) is 1. The largest absolute Gasteiger partial charge is 0.497 e. The molecule has 0 radical (unpaired) electrons. The summed E-state index contributed by atoms with van der Waals surface area (Å²) in [5.41, 5.74) is 2.51. The van der Waals surface area contributed by atoms with Crippen LogP contribution < -0.4 is 20.3 Å². The summed E-state index contributed by atoms with van der Waals surface area (Å²) in [7, 11) is 1.59. The molecule has 31 heavy (non-hydrogen) atoms. The van der Waals surface area contributed by atoms with Crippen LogP contribution in [0.4, 0.5) is 11.4 Å². The lowest BCUT2D eigenvalue weighted by atomic mass is 10.2. The SMILES string of the molecule is CCOC(=O)CC1=CC(=O)N(CC(=O)NCc2ccc(OC)cc2)c2ccccc2N1. The van der Waals surface area contributed by atoms with Crippen LogP contribution in [-0.4, -0.2) is 38.0 Å². The van der Waals surface area contributed by atoms with Crippen molar-refractivity contribution in [3.05, 3.63) is 65.9 Å². The summed E-state index contributed by atoms with van der Waals surface area (Å²) in [4.78, 5) is 38.7. The molecule has 3 rings (SSSR count). The zero-order valence-electron chi connectivity index (χ0n) is 17.5. The van der Waals surface area contributed by atoms with Crippen molar-refractivity contribution in [2.75, 3.05) is 30.5 Å². The maximum atomic E-state index is 12.9. The molecular weight excluding hydrogens is 398 g/mol. The van der Waals surface area contributed by atoms with Crippen molar-refractivity contribution in [3.8, 4) is 5.75 Å². The second kappa shape index (κ2) is 10.3. The average molecular weight is 423 g/mol. The highest BCUT2D eigenvalue weighted by Crippen LogP contribution is 2.30. The standard InChI is InChI=1S/C23H25N3O5/c1-3-31-23(29)13-17-12-22(28)26(20-7-5-4-6-19(20)25-17)15-21(27)24-14-16-8-10-18(30-2)11-9-16/h4-12,25H,3,13-15H2,1-2H3,(H,24,27). The van der Waals surface area contributed by atoms with E-state index in [2.05, 4.69) is 10.6 Å². The molecule has 0 bridgehead atoms. The number of ether oxygens (including phenoxy) is 2. The molecule has 8 nitrogen and oxygen atoms in total. The number of amides is 2. The van der Waals surface area contributed by atoms with Crippen LogP contribution in [0, 0.1) is 0 Å². The van der Waals surface area contributed by atoms with E-state index in [1.165, 1.54) is 11.0 Å². The molecule has 0 unspecified atom stereocenters. The monoisotopic (exact) mass is 423 g/mol. The molecule has 1 aliphatic heterocycles. The van der Waals surface area contributed by atoms with Gasteiger partial charge in [0, 0.05) is 18.3 Å². The summed E-state index contributed by atoms with van der Waals surface area (Å²) < 4.78 is 10.1. The maximum Gasteiger partial charge on any atom is 0.311 e. The van der Waals surface area contributed by atoms with Gasteiger partial charge in [0.15, 0.2) is 0 Å². The van der Waals surface area contributed by atoms with Crippen molar-refractivity contribution in [2.45, 2.75) is 19.9 Å². The Morgan fingerprint density at radius 1 is 1.10 bits per heavy atom. The van der Waals surface area contributed by atoms with Gasteiger partial charge in [-0.05, 0) is 36.8 Å². The normalized spacial score (nSPS) is 12.8. The molecule has 0 saturated heterocycles. The van der Waals surface area contributed by atoms with E-state index in [0.717, 1.165) is 11.3 Å². The molecule has 0 saturated carbocycles. The molecule has 0 spiro atoms. The van der Waals surface area contributed by atoms with E-state index in [9.17, 15) is 14.4 Å². The number of fused-ring (bicyclic) bond motifs is 1. The Kier molecular flexibility index (Phi) is 7.26. The van der Waals surface area contributed by atoms with Crippen LogP contribution in [-0.2, 0) is 25.7 Å². The molecule has 0 atom stereocenters. The number of para-hydroxylation sites is 2. The predicted molar refractivity (Wildman–Crippen MR) is 117 cm³/mol. The van der Waals surface area contributed by atoms with Gasteiger partial charge in [-0.2, -0.15) is 0 Å². The van der Waals surface area contributed by atoms with Crippen molar-refractivity contribution in [1.82, 2.24) is 5.32 Å². The number of hydrogen-bond acceptors (Lipinski definition) is 6. The zero-order chi connectivity index (χ0) is 22.2. The van der Waals surface area contributed by atoms with Crippen molar-refractivity contribution in [1.29, 1.82) is 0 Å². The van der Waals surface area contributed by atoms with Gasteiger partial charge < -0.3 is 20.1 Å². The second-order valence-electron chi connectivity index (χ2n) is 6.84. The van der Waals surface area contributed by atoms with E-state index in [-0.39, 0.29) is 25.5 Å². The number of rotatable bonds is 8. The molecule has 162 valence electrons. The van der Waals surface area contributed by atoms with E-state index in [0.29, 0.717) is 23.6 Å². The minimum Gasteiger partial charge on any atom is -0.497 e. The topological polar surface area (TPSA) is 97.0 Å². The molecule has 1 heterocycles. The zero-order valence-corrected chi connectivity index (χ0v) is 17.5. The highest BCUT2D eigenvalue weighted by atomic mass is 16.5. The third kappa shape index (κ3) is 5.85. The summed E-state index contributed by atoms with van der Waals surface area (Å²) in [6, 6.07) is 14.5. The summed E-state index contributed by atoms with van der Waals surface area (Å²) in [6.45, 7) is 2.16. The third-order valence-corrected chi connectivity index (χ3v) is 4.64. The summed E-state index contributed by atoms with van der Waals surface area (Å²) in [5, 5.41) is 5.93. The molecule has 2 aromatic rings. The van der Waals surface area contributed by atoms with Crippen LogP contribution in [0.1, 0.15) is 18.9 Å². The number of methoxy groups -OCH3 is 1. The smallest absolute Gasteiger partial charge is 0.311 e. The summed E-state index contributed by atoms with van der Waals surface area (Å²) >= 11 is 0. The van der Waals surface area contributed by atoms with Gasteiger partial charge in [0.25, 0.3) is 5.91 Å². The van der Waals surface area contributed by atoms with E-state index in [4.69, 9.17) is 9.47 Å². The van der Waals surface area contributed by atoms with Gasteiger partial charge in [0.05, 0.1) is 31.5 Å². The number of esters is 1. The van der Waals surface area contributed by atoms with E-state index >= 15 is 0 Å². The molecule has 1 aliphatic rings. The molecular formula is C23H25N3O5. The highest BCUT2D eigenvalue weighted by Gasteiger charge is 2.25. The van der Waals surface area contributed by atoms with E-state index in [1.807, 2.05) is 30.3 Å². The fraction of sp³-hybridized carbons (Fsp3) is 0.261. The maximum absolute atomic E-state index is 12.9. The number of nitrogens with one attached hydrogen (secondary N) is 2. The molecule has 2 aromatic carbocycles. The molecule has 0 fully saturated rings. The Morgan fingerprint density at radius 2 is 1.84 bits per heavy atom. The fourth-order valence-electron chi connectivity index (χ4n) is 3.14. The van der Waals surface area contributed by atoms with Gasteiger partial charge >= 0.3 is 5.97 Å².